The summed E-state index contributed by atoms with van der Waals surface area (Å²) < 4.78 is 0. The zero-order chi connectivity index (χ0) is 42.9. The average molecular weight is 800 g/mol. The highest BCUT2D eigenvalue weighted by Crippen LogP contribution is 2.19. The molecule has 0 aromatic carbocycles. The maximum atomic E-state index is 13.6. The molecular formula is C32H53N11O13. The van der Waals surface area contributed by atoms with Crippen molar-refractivity contribution in [2.75, 3.05) is 13.2 Å². The summed E-state index contributed by atoms with van der Waals surface area (Å²) in [6.45, 7) is 2.20. The van der Waals surface area contributed by atoms with E-state index in [0.29, 0.717) is 6.42 Å². The number of aliphatic carboxylic acids is 1. The van der Waals surface area contributed by atoms with Gasteiger partial charge < -0.3 is 70.4 Å². The molecule has 17 N–H and O–H groups in total. The molecule has 24 nitrogen and oxygen atoms in total. The predicted octanol–water partition coefficient (Wildman–Crippen LogP) is -6.87. The van der Waals surface area contributed by atoms with Crippen molar-refractivity contribution in [1.29, 1.82) is 0 Å². The van der Waals surface area contributed by atoms with Crippen molar-refractivity contribution in [3.63, 3.8) is 0 Å². The van der Waals surface area contributed by atoms with Gasteiger partial charge in [0.15, 0.2) is 0 Å². The number of rotatable bonds is 25. The van der Waals surface area contributed by atoms with Crippen LogP contribution in [-0.4, -0.2) is 136 Å². The first-order valence-electron chi connectivity index (χ1n) is 17.6. The molecule has 0 unspecified atom stereocenters. The SMILES string of the molecule is CC(C)[C@H](NC(=O)[C@H](CCC(N)=O)NC(=O)[C@H](CCC(N)=O)NC(=O)[C@H](CCC(N)=O)NC(=O)[C@@H](N)CC(N)=O)C(=O)N[C@@H](CO)C(=O)N1CCC[C@H]1C(=O)O. The number of carboxylic acid groups (broad SMARTS) is 1. The third-order valence-electron chi connectivity index (χ3n) is 8.56. The van der Waals surface area contributed by atoms with Gasteiger partial charge in [0, 0.05) is 25.8 Å². The Morgan fingerprint density at radius 3 is 1.41 bits per heavy atom. The lowest BCUT2D eigenvalue weighted by Crippen LogP contribution is -2.61. The molecule has 1 heterocycles. The maximum Gasteiger partial charge on any atom is 0.326 e. The van der Waals surface area contributed by atoms with Crippen molar-refractivity contribution in [3.05, 3.63) is 0 Å². The van der Waals surface area contributed by atoms with Crippen LogP contribution >= 0.6 is 0 Å². The summed E-state index contributed by atoms with van der Waals surface area (Å²) in [5.41, 5.74) is 26.4. The summed E-state index contributed by atoms with van der Waals surface area (Å²) in [6, 6.07) is -10.5. The standard InChI is InChI=1S/C32H53N11O13/c1-14(2)25(30(53)41-19(13-44)31(54)43-11-3-4-20(43)32(55)56)42-29(52)18(7-10-23(36)47)40-28(51)17(6-9-22(35)46)39-27(50)16(5-8-21(34)45)38-26(49)15(33)12-24(37)48/h14-20,25,44H,3-13,33H2,1-2H3,(H2,34,45)(H2,35,46)(H2,36,47)(H2,37,48)(H,38,49)(H,39,50)(H,40,51)(H,41,53)(H,42,52)(H,55,56)/t15-,16-,17-,18-,19-,20-,25-/m0/s1. The smallest absolute Gasteiger partial charge is 0.326 e. The topological polar surface area (TPSA) is 422 Å². The highest BCUT2D eigenvalue weighted by Gasteiger charge is 2.39. The molecule has 0 bridgehead atoms. The number of nitrogens with zero attached hydrogens (tertiary/aromatic N) is 1. The number of hydrogen-bond donors (Lipinski definition) is 12. The van der Waals surface area contributed by atoms with Gasteiger partial charge in [0.1, 0.15) is 36.3 Å². The van der Waals surface area contributed by atoms with Gasteiger partial charge in [-0.05, 0) is 38.0 Å². The van der Waals surface area contributed by atoms with Gasteiger partial charge in [-0.25, -0.2) is 4.79 Å². The van der Waals surface area contributed by atoms with Crippen LogP contribution in [0.2, 0.25) is 0 Å². The van der Waals surface area contributed by atoms with Gasteiger partial charge in [0.25, 0.3) is 0 Å². The van der Waals surface area contributed by atoms with Crippen molar-refractivity contribution in [1.82, 2.24) is 31.5 Å². The monoisotopic (exact) mass is 799 g/mol. The summed E-state index contributed by atoms with van der Waals surface area (Å²) in [5.74, 6) is -11.6. The fraction of sp³-hybridized carbons (Fsp3) is 0.656. The second-order valence-corrected chi connectivity index (χ2v) is 13.5. The molecule has 0 radical (unpaired) electrons. The molecule has 7 atom stereocenters. The van der Waals surface area contributed by atoms with E-state index in [2.05, 4.69) is 26.6 Å². The normalized spacial score (nSPS) is 16.9. The molecule has 0 saturated carbocycles. The van der Waals surface area contributed by atoms with Crippen molar-refractivity contribution in [2.24, 2.45) is 34.6 Å². The second kappa shape index (κ2) is 23.1. The fourth-order valence-electron chi connectivity index (χ4n) is 5.52. The summed E-state index contributed by atoms with van der Waals surface area (Å²) >= 11 is 0. The van der Waals surface area contributed by atoms with Crippen molar-refractivity contribution in [3.8, 4) is 0 Å². The van der Waals surface area contributed by atoms with Crippen LogP contribution in [0.5, 0.6) is 0 Å². The number of aliphatic hydroxyl groups excluding tert-OH is 1. The average Bonchev–Trinajstić information content (AvgIpc) is 3.60. The van der Waals surface area contributed by atoms with Crippen LogP contribution in [0.25, 0.3) is 0 Å². The van der Waals surface area contributed by atoms with E-state index >= 15 is 0 Å². The number of aliphatic hydroxyl groups is 1. The van der Waals surface area contributed by atoms with Gasteiger partial charge in [0.05, 0.1) is 19.1 Å². The lowest BCUT2D eigenvalue weighted by molar-refractivity contribution is -0.150. The van der Waals surface area contributed by atoms with Gasteiger partial charge in [-0.1, -0.05) is 13.8 Å². The van der Waals surface area contributed by atoms with E-state index in [4.69, 9.17) is 28.7 Å². The summed E-state index contributed by atoms with van der Waals surface area (Å²) in [5, 5.41) is 31.0. The first-order valence-corrected chi connectivity index (χ1v) is 17.6. The molecule has 1 aliphatic heterocycles. The van der Waals surface area contributed by atoms with E-state index in [9.17, 15) is 63.0 Å². The quantitative estimate of drug-likeness (QED) is 0.0409. The molecule has 10 amide bonds. The fourth-order valence-corrected chi connectivity index (χ4v) is 5.52. The molecule has 0 aromatic heterocycles. The van der Waals surface area contributed by atoms with Gasteiger partial charge in [-0.15, -0.1) is 0 Å². The first kappa shape index (κ1) is 48.1. The number of nitrogens with two attached hydrogens (primary N) is 5. The Balaban J connectivity index is 3.31. The van der Waals surface area contributed by atoms with Crippen LogP contribution in [0.3, 0.4) is 0 Å². The number of primary amides is 4. The highest BCUT2D eigenvalue weighted by molar-refractivity contribution is 5.98. The maximum absolute atomic E-state index is 13.6. The van der Waals surface area contributed by atoms with Gasteiger partial charge in [-0.3, -0.25) is 47.9 Å². The van der Waals surface area contributed by atoms with Crippen molar-refractivity contribution >= 4 is 65.0 Å². The summed E-state index contributed by atoms with van der Waals surface area (Å²) in [4.78, 5) is 138. The predicted molar refractivity (Wildman–Crippen MR) is 191 cm³/mol. The van der Waals surface area contributed by atoms with E-state index in [1.807, 2.05) is 0 Å². The third-order valence-corrected chi connectivity index (χ3v) is 8.56. The van der Waals surface area contributed by atoms with E-state index < -0.39 is 165 Å². The Morgan fingerprint density at radius 2 is 1.04 bits per heavy atom. The minimum atomic E-state index is -1.65. The van der Waals surface area contributed by atoms with Crippen LogP contribution in [0, 0.1) is 5.92 Å². The van der Waals surface area contributed by atoms with E-state index in [1.165, 1.54) is 13.8 Å². The molecule has 1 rings (SSSR count). The largest absolute Gasteiger partial charge is 0.480 e. The van der Waals surface area contributed by atoms with Crippen LogP contribution in [0.1, 0.15) is 71.6 Å². The molecule has 0 aliphatic carbocycles. The number of carboxylic acids is 1. The zero-order valence-electron chi connectivity index (χ0n) is 31.1. The van der Waals surface area contributed by atoms with Crippen LogP contribution in [0.15, 0.2) is 0 Å². The summed E-state index contributed by atoms with van der Waals surface area (Å²) in [6.07, 6.45) is -2.73. The molecule has 1 aliphatic rings. The molecule has 0 spiro atoms. The number of carbonyl (C=O) groups excluding carboxylic acids is 10. The molecule has 0 aromatic rings. The number of amides is 10. The van der Waals surface area contributed by atoms with Crippen molar-refractivity contribution in [2.45, 2.75) is 114 Å². The minimum absolute atomic E-state index is 0.0719. The lowest BCUT2D eigenvalue weighted by atomic mass is 10.0. The Morgan fingerprint density at radius 1 is 0.625 bits per heavy atom. The Kier molecular flexibility index (Phi) is 19.9. The minimum Gasteiger partial charge on any atom is -0.480 e. The third kappa shape index (κ3) is 16.2. The first-order chi connectivity index (χ1) is 26.1. The van der Waals surface area contributed by atoms with Crippen LogP contribution in [-0.2, 0) is 52.7 Å². The van der Waals surface area contributed by atoms with Crippen LogP contribution in [0.4, 0.5) is 0 Å². The van der Waals surface area contributed by atoms with Crippen LogP contribution < -0.4 is 55.3 Å². The molecule has 56 heavy (non-hydrogen) atoms. The zero-order valence-corrected chi connectivity index (χ0v) is 31.1. The lowest BCUT2D eigenvalue weighted by Gasteiger charge is -2.30. The second-order valence-electron chi connectivity index (χ2n) is 13.5. The van der Waals surface area contributed by atoms with E-state index in [1.54, 1.807) is 0 Å². The number of nitrogens with one attached hydrogen (secondary N) is 5. The number of likely N-dealkylation sites (tertiary alicyclic amines) is 1. The van der Waals surface area contributed by atoms with Crippen molar-refractivity contribution < 1.29 is 63.0 Å². The Bertz CT molecular complexity index is 1510. The molecule has 1 saturated heterocycles. The Hall–Kier alpha value is -5.91. The molecule has 1 fully saturated rings. The van der Waals surface area contributed by atoms with Gasteiger partial charge in [-0.2, -0.15) is 0 Å². The van der Waals surface area contributed by atoms with Gasteiger partial charge >= 0.3 is 5.97 Å². The van der Waals surface area contributed by atoms with Gasteiger partial charge in [0.2, 0.25) is 59.1 Å². The summed E-state index contributed by atoms with van der Waals surface area (Å²) in [7, 11) is 0. The number of hydrogen-bond acceptors (Lipinski definition) is 13. The number of carbonyl (C=O) groups is 11. The Labute approximate surface area is 321 Å². The highest BCUT2D eigenvalue weighted by atomic mass is 16.4. The molecular weight excluding hydrogens is 746 g/mol. The van der Waals surface area contributed by atoms with E-state index in [-0.39, 0.29) is 13.0 Å². The molecule has 314 valence electrons. The molecule has 24 heteroatoms. The van der Waals surface area contributed by atoms with E-state index in [0.717, 1.165) is 4.90 Å².